The van der Waals surface area contributed by atoms with E-state index in [-0.39, 0.29) is 16.2 Å². The molecule has 0 aliphatic heterocycles. The minimum Gasteiger partial charge on any atom is -0.488 e. The van der Waals surface area contributed by atoms with Crippen LogP contribution in [0.1, 0.15) is 20.8 Å². The van der Waals surface area contributed by atoms with Crippen LogP contribution >= 0.6 is 11.8 Å². The molecule has 0 atom stereocenters. The summed E-state index contributed by atoms with van der Waals surface area (Å²) in [6, 6.07) is 35.3. The Kier molecular flexibility index (Phi) is 8.79. The third kappa shape index (κ3) is 8.61. The van der Waals surface area contributed by atoms with Crippen LogP contribution in [0.3, 0.4) is 0 Å². The zero-order valence-corrected chi connectivity index (χ0v) is 21.1. The highest BCUT2D eigenvalue weighted by molar-refractivity contribution is 7.99. The molecule has 0 unspecified atom stereocenters. The Balaban J connectivity index is 0.000000212. The molecule has 4 rings (SSSR count). The molecule has 0 fully saturated rings. The molecule has 0 bridgehead atoms. The number of benzene rings is 4. The van der Waals surface area contributed by atoms with E-state index in [1.807, 2.05) is 32.9 Å². The molecule has 176 valence electrons. The van der Waals surface area contributed by atoms with Gasteiger partial charge < -0.3 is 8.92 Å². The third-order valence-electron chi connectivity index (χ3n) is 4.21. The second-order valence-electron chi connectivity index (χ2n) is 8.26. The summed E-state index contributed by atoms with van der Waals surface area (Å²) in [7, 11) is -3.80. The summed E-state index contributed by atoms with van der Waals surface area (Å²) >= 11 is 1.79. The predicted molar refractivity (Wildman–Crippen MR) is 138 cm³/mol. The molecule has 4 aromatic carbocycles. The van der Waals surface area contributed by atoms with E-state index in [0.717, 1.165) is 0 Å². The van der Waals surface area contributed by atoms with Crippen molar-refractivity contribution in [3.05, 3.63) is 115 Å². The van der Waals surface area contributed by atoms with Gasteiger partial charge in [-0.2, -0.15) is 8.42 Å². The van der Waals surface area contributed by atoms with Gasteiger partial charge >= 0.3 is 10.1 Å². The standard InChI is InChI=1S/C16H18O4S.C12H10S/c1-16(2,3)19-13-9-11-14(12-10-13)20-21(17,18)15-7-5-4-6-8-15;1-3-7-11(8-4-1)13-12-9-5-2-6-10-12/h4-12H,1-3H3;1-10H. The highest BCUT2D eigenvalue weighted by atomic mass is 32.2. The van der Waals surface area contributed by atoms with E-state index in [1.54, 1.807) is 54.2 Å². The van der Waals surface area contributed by atoms with Crippen molar-refractivity contribution in [2.45, 2.75) is 41.1 Å². The van der Waals surface area contributed by atoms with Crippen molar-refractivity contribution in [2.75, 3.05) is 0 Å². The first-order chi connectivity index (χ1) is 16.2. The zero-order chi connectivity index (χ0) is 24.4. The van der Waals surface area contributed by atoms with Crippen LogP contribution in [0, 0.1) is 0 Å². The highest BCUT2D eigenvalue weighted by Crippen LogP contribution is 2.26. The van der Waals surface area contributed by atoms with Crippen LogP contribution < -0.4 is 8.92 Å². The molecular formula is C28H28O4S2. The molecule has 6 heteroatoms. The van der Waals surface area contributed by atoms with E-state index >= 15 is 0 Å². The van der Waals surface area contributed by atoms with Crippen LogP contribution in [0.4, 0.5) is 0 Å². The quantitative estimate of drug-likeness (QED) is 0.261. The van der Waals surface area contributed by atoms with Crippen LogP contribution in [-0.2, 0) is 10.1 Å². The Labute approximate surface area is 206 Å². The van der Waals surface area contributed by atoms with Gasteiger partial charge in [-0.1, -0.05) is 66.4 Å². The van der Waals surface area contributed by atoms with E-state index < -0.39 is 10.1 Å². The molecule has 0 amide bonds. The lowest BCUT2D eigenvalue weighted by atomic mass is 10.2. The fourth-order valence-electron chi connectivity index (χ4n) is 2.79. The Morgan fingerprint density at radius 3 is 1.44 bits per heavy atom. The van der Waals surface area contributed by atoms with Gasteiger partial charge in [0.15, 0.2) is 0 Å². The number of hydrogen-bond donors (Lipinski definition) is 0. The summed E-state index contributed by atoms with van der Waals surface area (Å²) in [4.78, 5) is 2.70. The molecule has 0 heterocycles. The number of hydrogen-bond acceptors (Lipinski definition) is 5. The molecule has 0 N–H and O–H groups in total. The summed E-state index contributed by atoms with van der Waals surface area (Å²) in [6.45, 7) is 5.83. The normalized spacial score (nSPS) is 11.1. The van der Waals surface area contributed by atoms with Crippen molar-refractivity contribution < 1.29 is 17.3 Å². The molecule has 0 aliphatic rings. The number of rotatable bonds is 6. The smallest absolute Gasteiger partial charge is 0.339 e. The maximum absolute atomic E-state index is 12.1. The van der Waals surface area contributed by atoms with Crippen molar-refractivity contribution in [1.82, 2.24) is 0 Å². The van der Waals surface area contributed by atoms with Gasteiger partial charge in [-0.15, -0.1) is 0 Å². The lowest BCUT2D eigenvalue weighted by Gasteiger charge is -2.21. The average molecular weight is 493 g/mol. The van der Waals surface area contributed by atoms with Gasteiger partial charge in [0.05, 0.1) is 0 Å². The molecule has 0 aliphatic carbocycles. The summed E-state index contributed by atoms with van der Waals surface area (Å²) in [5.41, 5.74) is -0.307. The van der Waals surface area contributed by atoms with E-state index in [9.17, 15) is 8.42 Å². The Morgan fingerprint density at radius 2 is 1.00 bits per heavy atom. The van der Waals surface area contributed by atoms with Gasteiger partial charge in [-0.25, -0.2) is 0 Å². The van der Waals surface area contributed by atoms with Crippen molar-refractivity contribution in [3.63, 3.8) is 0 Å². The fraction of sp³-hybridized carbons (Fsp3) is 0.143. The molecular weight excluding hydrogens is 464 g/mol. The molecule has 0 spiro atoms. The highest BCUT2D eigenvalue weighted by Gasteiger charge is 2.16. The predicted octanol–water partition coefficient (Wildman–Crippen LogP) is 7.47. The van der Waals surface area contributed by atoms with Gasteiger partial charge in [-0.05, 0) is 81.4 Å². The zero-order valence-electron chi connectivity index (χ0n) is 19.4. The molecule has 4 nitrogen and oxygen atoms in total. The fourth-order valence-corrected chi connectivity index (χ4v) is 4.60. The van der Waals surface area contributed by atoms with Crippen molar-refractivity contribution in [1.29, 1.82) is 0 Å². The second kappa shape index (κ2) is 11.8. The van der Waals surface area contributed by atoms with Gasteiger partial charge in [0.2, 0.25) is 0 Å². The van der Waals surface area contributed by atoms with Crippen molar-refractivity contribution >= 4 is 21.9 Å². The maximum atomic E-state index is 12.1. The minimum absolute atomic E-state index is 0.125. The topological polar surface area (TPSA) is 52.6 Å². The average Bonchev–Trinajstić information content (AvgIpc) is 2.82. The first-order valence-corrected chi connectivity index (χ1v) is 13.0. The van der Waals surface area contributed by atoms with E-state index in [1.165, 1.54) is 21.9 Å². The van der Waals surface area contributed by atoms with Crippen LogP contribution in [0.5, 0.6) is 11.5 Å². The Bertz CT molecular complexity index is 1200. The van der Waals surface area contributed by atoms with Crippen LogP contribution in [0.2, 0.25) is 0 Å². The second-order valence-corrected chi connectivity index (χ2v) is 11.0. The minimum atomic E-state index is -3.80. The Morgan fingerprint density at radius 1 is 0.588 bits per heavy atom. The van der Waals surface area contributed by atoms with E-state index in [2.05, 4.69) is 48.5 Å². The molecule has 0 saturated heterocycles. The van der Waals surface area contributed by atoms with E-state index in [4.69, 9.17) is 8.92 Å². The summed E-state index contributed by atoms with van der Waals surface area (Å²) < 4.78 is 34.9. The van der Waals surface area contributed by atoms with Gasteiger partial charge in [0.1, 0.15) is 22.0 Å². The van der Waals surface area contributed by atoms with Gasteiger partial charge in [0, 0.05) is 9.79 Å². The Hall–Kier alpha value is -3.22. The lowest BCUT2D eigenvalue weighted by molar-refractivity contribution is 0.131. The first kappa shape index (κ1) is 25.4. The van der Waals surface area contributed by atoms with Crippen LogP contribution in [0.25, 0.3) is 0 Å². The monoisotopic (exact) mass is 492 g/mol. The van der Waals surface area contributed by atoms with Gasteiger partial charge in [0.25, 0.3) is 0 Å². The van der Waals surface area contributed by atoms with Crippen LogP contribution in [-0.4, -0.2) is 14.0 Å². The number of ether oxygens (including phenoxy) is 1. The van der Waals surface area contributed by atoms with Crippen LogP contribution in [0.15, 0.2) is 130 Å². The summed E-state index contributed by atoms with van der Waals surface area (Å²) in [5, 5.41) is 0. The third-order valence-corrected chi connectivity index (χ3v) is 6.48. The molecule has 0 aromatic heterocycles. The van der Waals surface area contributed by atoms with Gasteiger partial charge in [-0.3, -0.25) is 0 Å². The molecule has 34 heavy (non-hydrogen) atoms. The van der Waals surface area contributed by atoms with E-state index in [0.29, 0.717) is 5.75 Å². The first-order valence-electron chi connectivity index (χ1n) is 10.8. The SMILES string of the molecule is CC(C)(C)Oc1ccc(OS(=O)(=O)c2ccccc2)cc1.c1ccc(Sc2ccccc2)cc1. The summed E-state index contributed by atoms with van der Waals surface area (Å²) in [5.74, 6) is 0.909. The largest absolute Gasteiger partial charge is 0.488 e. The van der Waals surface area contributed by atoms with Crippen molar-refractivity contribution in [2.24, 2.45) is 0 Å². The molecule has 4 aromatic rings. The maximum Gasteiger partial charge on any atom is 0.339 e. The lowest BCUT2D eigenvalue weighted by Crippen LogP contribution is -2.22. The van der Waals surface area contributed by atoms with Crippen molar-refractivity contribution in [3.8, 4) is 11.5 Å². The molecule has 0 radical (unpaired) electrons. The molecule has 0 saturated carbocycles. The summed E-state index contributed by atoms with van der Waals surface area (Å²) in [6.07, 6.45) is 0.